The van der Waals surface area contributed by atoms with Gasteiger partial charge in [-0.1, -0.05) is 72.3 Å². The van der Waals surface area contributed by atoms with Crippen LogP contribution in [0.4, 0.5) is 5.69 Å². The number of para-hydroxylation sites is 1. The minimum atomic E-state index is -3.74. The molecule has 0 aliphatic heterocycles. The number of rotatable bonds is 5. The molecule has 0 aliphatic rings. The van der Waals surface area contributed by atoms with Crippen LogP contribution in [0.25, 0.3) is 0 Å². The van der Waals surface area contributed by atoms with Crippen LogP contribution in [0.3, 0.4) is 0 Å². The minimum Gasteiger partial charge on any atom is -0.279 e. The van der Waals surface area contributed by atoms with Crippen molar-refractivity contribution in [3.8, 4) is 0 Å². The normalized spacial score (nSPS) is 11.2. The Morgan fingerprint density at radius 3 is 2.17 bits per heavy atom. The Labute approximate surface area is 147 Å². The number of nitrogens with one attached hydrogen (secondary N) is 1. The molecule has 5 heteroatoms. The molecule has 0 fully saturated rings. The van der Waals surface area contributed by atoms with Gasteiger partial charge in [-0.15, -0.1) is 0 Å². The summed E-state index contributed by atoms with van der Waals surface area (Å²) < 4.78 is 27.9. The number of hydrogen-bond donors (Lipinski definition) is 1. The standard InChI is InChI=1S/C19H16ClNO2S/c20-17-11-5-7-13-19(17)24(22,23)21-18-12-6-4-10-16(18)14-15-8-2-1-3-9-15/h1-13,21H,14H2. The van der Waals surface area contributed by atoms with Gasteiger partial charge in [0.2, 0.25) is 0 Å². The monoisotopic (exact) mass is 357 g/mol. The molecule has 0 aromatic heterocycles. The first kappa shape index (κ1) is 16.6. The van der Waals surface area contributed by atoms with E-state index in [-0.39, 0.29) is 9.92 Å². The molecule has 0 atom stereocenters. The minimum absolute atomic E-state index is 0.0705. The molecule has 0 saturated heterocycles. The highest BCUT2D eigenvalue weighted by Crippen LogP contribution is 2.26. The lowest BCUT2D eigenvalue weighted by molar-refractivity contribution is 0.601. The maximum absolute atomic E-state index is 12.6. The van der Waals surface area contributed by atoms with Gasteiger partial charge >= 0.3 is 0 Å². The second kappa shape index (κ2) is 7.07. The van der Waals surface area contributed by atoms with Crippen LogP contribution in [-0.4, -0.2) is 8.42 Å². The summed E-state index contributed by atoms with van der Waals surface area (Å²) in [6.07, 6.45) is 0.641. The molecule has 3 nitrogen and oxygen atoms in total. The molecule has 122 valence electrons. The van der Waals surface area contributed by atoms with E-state index < -0.39 is 10.0 Å². The molecule has 24 heavy (non-hydrogen) atoms. The highest BCUT2D eigenvalue weighted by atomic mass is 35.5. The summed E-state index contributed by atoms with van der Waals surface area (Å²) in [6.45, 7) is 0. The molecular weight excluding hydrogens is 342 g/mol. The molecule has 3 aromatic carbocycles. The summed E-state index contributed by atoms with van der Waals surface area (Å²) >= 11 is 6.03. The highest BCUT2D eigenvalue weighted by molar-refractivity contribution is 7.92. The lowest BCUT2D eigenvalue weighted by Crippen LogP contribution is -2.14. The van der Waals surface area contributed by atoms with Gasteiger partial charge in [-0.25, -0.2) is 8.42 Å². The Balaban J connectivity index is 1.92. The van der Waals surface area contributed by atoms with E-state index in [2.05, 4.69) is 4.72 Å². The Bertz CT molecular complexity index is 940. The zero-order chi connectivity index (χ0) is 17.0. The fraction of sp³-hybridized carbons (Fsp3) is 0.0526. The van der Waals surface area contributed by atoms with Gasteiger partial charge in [0, 0.05) is 0 Å². The fourth-order valence-corrected chi connectivity index (χ4v) is 4.07. The third kappa shape index (κ3) is 3.78. The van der Waals surface area contributed by atoms with E-state index in [1.165, 1.54) is 6.07 Å². The zero-order valence-electron chi connectivity index (χ0n) is 12.8. The van der Waals surface area contributed by atoms with Crippen molar-refractivity contribution < 1.29 is 8.42 Å². The maximum atomic E-state index is 12.6. The number of hydrogen-bond acceptors (Lipinski definition) is 2. The summed E-state index contributed by atoms with van der Waals surface area (Å²) in [7, 11) is -3.74. The highest BCUT2D eigenvalue weighted by Gasteiger charge is 2.18. The van der Waals surface area contributed by atoms with Crippen LogP contribution >= 0.6 is 11.6 Å². The Kier molecular flexibility index (Phi) is 4.88. The third-order valence-corrected chi connectivity index (χ3v) is 5.49. The average molecular weight is 358 g/mol. The van der Waals surface area contributed by atoms with Gasteiger partial charge in [-0.05, 0) is 35.7 Å². The first-order valence-electron chi connectivity index (χ1n) is 7.45. The third-order valence-electron chi connectivity index (χ3n) is 3.63. The summed E-state index contributed by atoms with van der Waals surface area (Å²) in [5.74, 6) is 0. The van der Waals surface area contributed by atoms with E-state index in [9.17, 15) is 8.42 Å². The molecule has 0 unspecified atom stereocenters. The molecule has 3 rings (SSSR count). The van der Waals surface area contributed by atoms with E-state index in [0.29, 0.717) is 12.1 Å². The zero-order valence-corrected chi connectivity index (χ0v) is 14.4. The Morgan fingerprint density at radius 1 is 0.792 bits per heavy atom. The first-order chi connectivity index (χ1) is 11.6. The Morgan fingerprint density at radius 2 is 1.42 bits per heavy atom. The number of anilines is 1. The summed E-state index contributed by atoms with van der Waals surface area (Å²) in [5, 5.41) is 0.200. The predicted octanol–water partition coefficient (Wildman–Crippen LogP) is 4.73. The van der Waals surface area contributed by atoms with Crippen LogP contribution in [0.1, 0.15) is 11.1 Å². The SMILES string of the molecule is O=S(=O)(Nc1ccccc1Cc1ccccc1)c1ccccc1Cl. The van der Waals surface area contributed by atoms with Crippen LogP contribution in [0.15, 0.2) is 83.8 Å². The molecular formula is C19H16ClNO2S. The lowest BCUT2D eigenvalue weighted by atomic mass is 10.0. The Hall–Kier alpha value is -2.30. The van der Waals surface area contributed by atoms with Crippen molar-refractivity contribution in [3.05, 3.63) is 95.0 Å². The van der Waals surface area contributed by atoms with Crippen molar-refractivity contribution in [1.29, 1.82) is 0 Å². The molecule has 0 heterocycles. The van der Waals surface area contributed by atoms with Gasteiger partial charge in [-0.2, -0.15) is 0 Å². The van der Waals surface area contributed by atoms with Gasteiger partial charge in [-0.3, -0.25) is 4.72 Å². The van der Waals surface area contributed by atoms with Gasteiger partial charge in [0.25, 0.3) is 10.0 Å². The van der Waals surface area contributed by atoms with Crippen molar-refractivity contribution in [2.45, 2.75) is 11.3 Å². The summed E-state index contributed by atoms with van der Waals surface area (Å²) in [4.78, 5) is 0.0705. The van der Waals surface area contributed by atoms with Gasteiger partial charge < -0.3 is 0 Å². The smallest absolute Gasteiger partial charge is 0.263 e. The largest absolute Gasteiger partial charge is 0.279 e. The number of benzene rings is 3. The van der Waals surface area contributed by atoms with E-state index >= 15 is 0 Å². The van der Waals surface area contributed by atoms with Crippen molar-refractivity contribution in [2.75, 3.05) is 4.72 Å². The lowest BCUT2D eigenvalue weighted by Gasteiger charge is -2.13. The average Bonchev–Trinajstić information content (AvgIpc) is 2.57. The second-order valence-electron chi connectivity index (χ2n) is 5.36. The topological polar surface area (TPSA) is 46.2 Å². The molecule has 0 radical (unpaired) electrons. The summed E-state index contributed by atoms with van der Waals surface area (Å²) in [6, 6.07) is 23.7. The van der Waals surface area contributed by atoms with Crippen LogP contribution in [0.2, 0.25) is 5.02 Å². The van der Waals surface area contributed by atoms with Crippen molar-refractivity contribution in [3.63, 3.8) is 0 Å². The van der Waals surface area contributed by atoms with Gasteiger partial charge in [0.1, 0.15) is 4.90 Å². The van der Waals surface area contributed by atoms with Gasteiger partial charge in [0.15, 0.2) is 0 Å². The van der Waals surface area contributed by atoms with Crippen molar-refractivity contribution >= 4 is 27.3 Å². The predicted molar refractivity (Wildman–Crippen MR) is 98.0 cm³/mol. The summed E-state index contributed by atoms with van der Waals surface area (Å²) in [5.41, 5.74) is 2.57. The number of halogens is 1. The molecule has 0 amide bonds. The van der Waals surface area contributed by atoms with Crippen LogP contribution in [0.5, 0.6) is 0 Å². The molecule has 1 N–H and O–H groups in total. The van der Waals surface area contributed by atoms with Crippen LogP contribution in [-0.2, 0) is 16.4 Å². The number of sulfonamides is 1. The first-order valence-corrected chi connectivity index (χ1v) is 9.31. The van der Waals surface area contributed by atoms with E-state index in [0.717, 1.165) is 11.1 Å². The molecule has 0 aliphatic carbocycles. The molecule has 0 saturated carbocycles. The van der Waals surface area contributed by atoms with Crippen molar-refractivity contribution in [1.82, 2.24) is 0 Å². The van der Waals surface area contributed by atoms with E-state index in [1.54, 1.807) is 30.3 Å². The van der Waals surface area contributed by atoms with Gasteiger partial charge in [0.05, 0.1) is 10.7 Å². The molecule has 0 bridgehead atoms. The van der Waals surface area contributed by atoms with Crippen LogP contribution in [0, 0.1) is 0 Å². The maximum Gasteiger partial charge on any atom is 0.263 e. The molecule has 3 aromatic rings. The molecule has 0 spiro atoms. The fourth-order valence-electron chi connectivity index (χ4n) is 2.45. The van der Waals surface area contributed by atoms with Crippen LogP contribution < -0.4 is 4.72 Å². The van der Waals surface area contributed by atoms with E-state index in [4.69, 9.17) is 11.6 Å². The van der Waals surface area contributed by atoms with Crippen molar-refractivity contribution in [2.24, 2.45) is 0 Å². The quantitative estimate of drug-likeness (QED) is 0.717. The second-order valence-corrected chi connectivity index (χ2v) is 7.41. The van der Waals surface area contributed by atoms with E-state index in [1.807, 2.05) is 42.5 Å².